The Kier molecular flexibility index (Phi) is 4.46. The molecule has 0 aliphatic heterocycles. The van der Waals surface area contributed by atoms with E-state index >= 15 is 0 Å². The number of anilines is 1. The van der Waals surface area contributed by atoms with Crippen molar-refractivity contribution in [2.45, 2.75) is 0 Å². The largest absolute Gasteiger partial charge is 0.454 e. The van der Waals surface area contributed by atoms with Crippen molar-refractivity contribution in [3.63, 3.8) is 0 Å². The van der Waals surface area contributed by atoms with Gasteiger partial charge in [-0.05, 0) is 22.0 Å². The van der Waals surface area contributed by atoms with Gasteiger partial charge < -0.3 is 10.5 Å². The Labute approximate surface area is 132 Å². The summed E-state index contributed by atoms with van der Waals surface area (Å²) in [6.45, 7) is 0. The van der Waals surface area contributed by atoms with Crippen LogP contribution in [-0.2, 0) is 0 Å². The van der Waals surface area contributed by atoms with Crippen LogP contribution in [0.2, 0.25) is 15.1 Å². The second kappa shape index (κ2) is 5.75. The van der Waals surface area contributed by atoms with Crippen LogP contribution in [0.15, 0.2) is 28.7 Å². The molecular weight excluding hydrogens is 379 g/mol. The van der Waals surface area contributed by atoms with Crippen molar-refractivity contribution in [1.29, 1.82) is 0 Å². The van der Waals surface area contributed by atoms with Crippen LogP contribution in [0.3, 0.4) is 0 Å². The third-order valence-electron chi connectivity index (χ3n) is 2.25. The second-order valence-corrected chi connectivity index (χ2v) is 5.68. The molecule has 0 atom stereocenters. The summed E-state index contributed by atoms with van der Waals surface area (Å²) in [6, 6.07) is 5.47. The molecule has 100 valence electrons. The fourth-order valence-corrected chi connectivity index (χ4v) is 2.23. The maximum absolute atomic E-state index is 13.2. The number of hydrogen-bond donors (Lipinski definition) is 1. The van der Waals surface area contributed by atoms with Crippen molar-refractivity contribution in [3.05, 3.63) is 49.6 Å². The van der Waals surface area contributed by atoms with E-state index in [1.165, 1.54) is 18.2 Å². The summed E-state index contributed by atoms with van der Waals surface area (Å²) < 4.78 is 19.0. The van der Waals surface area contributed by atoms with Crippen LogP contribution in [0.4, 0.5) is 10.1 Å². The number of halogens is 5. The quantitative estimate of drug-likeness (QED) is 0.514. The van der Waals surface area contributed by atoms with Gasteiger partial charge in [0.15, 0.2) is 5.75 Å². The molecule has 0 saturated heterocycles. The van der Waals surface area contributed by atoms with E-state index in [1.54, 1.807) is 0 Å². The molecule has 2 aromatic carbocycles. The van der Waals surface area contributed by atoms with Crippen molar-refractivity contribution in [1.82, 2.24) is 0 Å². The van der Waals surface area contributed by atoms with E-state index < -0.39 is 5.82 Å². The van der Waals surface area contributed by atoms with E-state index in [0.717, 1.165) is 6.07 Å². The van der Waals surface area contributed by atoms with Crippen LogP contribution in [0.5, 0.6) is 11.5 Å². The van der Waals surface area contributed by atoms with Crippen LogP contribution < -0.4 is 10.5 Å². The van der Waals surface area contributed by atoms with Crippen molar-refractivity contribution < 1.29 is 9.13 Å². The molecular formula is C12H6BrCl3FNO. The monoisotopic (exact) mass is 383 g/mol. The number of hydrogen-bond acceptors (Lipinski definition) is 2. The summed E-state index contributed by atoms with van der Waals surface area (Å²) in [6.07, 6.45) is 0. The molecule has 2 rings (SSSR count). The van der Waals surface area contributed by atoms with Crippen LogP contribution in [-0.4, -0.2) is 0 Å². The van der Waals surface area contributed by atoms with Gasteiger partial charge in [-0.15, -0.1) is 0 Å². The summed E-state index contributed by atoms with van der Waals surface area (Å²) in [5, 5.41) is 0.877. The molecule has 0 bridgehead atoms. The lowest BCUT2D eigenvalue weighted by molar-refractivity contribution is 0.483. The molecule has 0 radical (unpaired) electrons. The Hall–Kier alpha value is -0.680. The SMILES string of the molecule is Nc1cc(F)c(Br)cc1Oc1cc(Cl)c(Cl)cc1Cl. The van der Waals surface area contributed by atoms with E-state index in [-0.39, 0.29) is 26.7 Å². The zero-order valence-electron chi connectivity index (χ0n) is 9.18. The molecule has 0 amide bonds. The van der Waals surface area contributed by atoms with Gasteiger partial charge in [0.2, 0.25) is 0 Å². The summed E-state index contributed by atoms with van der Waals surface area (Å²) in [5.74, 6) is 0.0555. The Bertz CT molecular complexity index is 596. The maximum atomic E-state index is 13.2. The molecule has 7 heteroatoms. The van der Waals surface area contributed by atoms with E-state index in [9.17, 15) is 4.39 Å². The van der Waals surface area contributed by atoms with Gasteiger partial charge >= 0.3 is 0 Å². The standard InChI is InChI=1S/C12H6BrCl3FNO/c13-5-1-12(10(18)4-9(5)17)19-11-3-7(15)6(14)2-8(11)16/h1-4H,18H2. The zero-order valence-corrected chi connectivity index (χ0v) is 13.0. The van der Waals surface area contributed by atoms with Crippen molar-refractivity contribution in [3.8, 4) is 11.5 Å². The molecule has 0 aliphatic rings. The second-order valence-electron chi connectivity index (χ2n) is 3.60. The number of nitrogens with two attached hydrogens (primary N) is 1. The highest BCUT2D eigenvalue weighted by Crippen LogP contribution is 2.39. The Morgan fingerprint density at radius 2 is 1.58 bits per heavy atom. The van der Waals surface area contributed by atoms with Crippen LogP contribution in [0, 0.1) is 5.82 Å². The van der Waals surface area contributed by atoms with Gasteiger partial charge in [0, 0.05) is 18.2 Å². The van der Waals surface area contributed by atoms with Crippen LogP contribution >= 0.6 is 50.7 Å². The molecule has 0 heterocycles. The van der Waals surface area contributed by atoms with Gasteiger partial charge in [0.1, 0.15) is 11.6 Å². The molecule has 2 N–H and O–H groups in total. The first-order chi connectivity index (χ1) is 8.88. The normalized spacial score (nSPS) is 10.6. The number of rotatable bonds is 2. The minimum atomic E-state index is -0.481. The molecule has 2 aromatic rings. The summed E-state index contributed by atoms with van der Waals surface area (Å²) in [4.78, 5) is 0. The lowest BCUT2D eigenvalue weighted by atomic mass is 10.3. The number of benzene rings is 2. The molecule has 0 unspecified atom stereocenters. The zero-order chi connectivity index (χ0) is 14.2. The first-order valence-corrected chi connectivity index (χ1v) is 6.88. The van der Waals surface area contributed by atoms with E-state index in [1.807, 2.05) is 0 Å². The fourth-order valence-electron chi connectivity index (χ4n) is 1.33. The van der Waals surface area contributed by atoms with Crippen molar-refractivity contribution in [2.75, 3.05) is 5.73 Å². The smallest absolute Gasteiger partial charge is 0.151 e. The highest BCUT2D eigenvalue weighted by molar-refractivity contribution is 9.10. The van der Waals surface area contributed by atoms with Gasteiger partial charge in [0.25, 0.3) is 0 Å². The number of ether oxygens (including phenoxy) is 1. The average Bonchev–Trinajstić information content (AvgIpc) is 2.32. The van der Waals surface area contributed by atoms with Crippen LogP contribution in [0.1, 0.15) is 0 Å². The van der Waals surface area contributed by atoms with E-state index in [4.69, 9.17) is 45.3 Å². The minimum absolute atomic E-state index is 0.142. The topological polar surface area (TPSA) is 35.2 Å². The van der Waals surface area contributed by atoms with E-state index in [0.29, 0.717) is 10.0 Å². The highest BCUT2D eigenvalue weighted by atomic mass is 79.9. The third-order valence-corrected chi connectivity index (χ3v) is 3.87. The predicted octanol–water partition coefficient (Wildman–Crippen LogP) is 5.92. The summed E-state index contributed by atoms with van der Waals surface area (Å²) >= 11 is 20.7. The molecule has 0 saturated carbocycles. The lowest BCUT2D eigenvalue weighted by Gasteiger charge is -2.11. The van der Waals surface area contributed by atoms with Crippen molar-refractivity contribution >= 4 is 56.4 Å². The van der Waals surface area contributed by atoms with Crippen molar-refractivity contribution in [2.24, 2.45) is 0 Å². The van der Waals surface area contributed by atoms with Gasteiger partial charge in [-0.25, -0.2) is 4.39 Å². The van der Waals surface area contributed by atoms with Gasteiger partial charge in [-0.1, -0.05) is 34.8 Å². The van der Waals surface area contributed by atoms with E-state index in [2.05, 4.69) is 15.9 Å². The fraction of sp³-hybridized carbons (Fsp3) is 0. The van der Waals surface area contributed by atoms with Crippen LogP contribution in [0.25, 0.3) is 0 Å². The maximum Gasteiger partial charge on any atom is 0.151 e. The highest BCUT2D eigenvalue weighted by Gasteiger charge is 2.12. The lowest BCUT2D eigenvalue weighted by Crippen LogP contribution is -1.94. The molecule has 2 nitrogen and oxygen atoms in total. The minimum Gasteiger partial charge on any atom is -0.454 e. The van der Waals surface area contributed by atoms with Gasteiger partial charge in [0.05, 0.1) is 25.2 Å². The Balaban J connectivity index is 2.42. The predicted molar refractivity (Wildman–Crippen MR) is 80.1 cm³/mol. The third kappa shape index (κ3) is 3.26. The summed E-state index contributed by atoms with van der Waals surface area (Å²) in [7, 11) is 0. The van der Waals surface area contributed by atoms with Gasteiger partial charge in [-0.3, -0.25) is 0 Å². The first-order valence-electron chi connectivity index (χ1n) is 4.95. The Morgan fingerprint density at radius 3 is 2.26 bits per heavy atom. The average molecular weight is 385 g/mol. The Morgan fingerprint density at radius 1 is 0.947 bits per heavy atom. The molecule has 0 fully saturated rings. The molecule has 0 spiro atoms. The number of nitrogen functional groups attached to an aromatic ring is 1. The molecule has 0 aromatic heterocycles. The molecule has 19 heavy (non-hydrogen) atoms. The molecule has 0 aliphatic carbocycles. The van der Waals surface area contributed by atoms with Gasteiger partial charge in [-0.2, -0.15) is 0 Å². The first kappa shape index (κ1) is 14.7. The summed E-state index contributed by atoms with van der Waals surface area (Å²) in [5.41, 5.74) is 5.81.